The molecule has 8 nitrogen and oxygen atoms in total. The van der Waals surface area contributed by atoms with E-state index in [1.54, 1.807) is 30.3 Å². The third-order valence-corrected chi connectivity index (χ3v) is 6.34. The van der Waals surface area contributed by atoms with E-state index in [4.69, 9.17) is 4.74 Å². The van der Waals surface area contributed by atoms with Gasteiger partial charge in [-0.15, -0.1) is 0 Å². The van der Waals surface area contributed by atoms with Crippen LogP contribution in [0.4, 0.5) is 11.4 Å². The highest BCUT2D eigenvalue weighted by Crippen LogP contribution is 2.39. The van der Waals surface area contributed by atoms with Crippen LogP contribution >= 0.6 is 0 Å². The van der Waals surface area contributed by atoms with Crippen molar-refractivity contribution in [2.75, 3.05) is 22.5 Å². The van der Waals surface area contributed by atoms with Crippen LogP contribution < -0.4 is 19.1 Å². The number of anilines is 2. The second kappa shape index (κ2) is 6.39. The molecule has 4 rings (SSSR count). The average molecular weight is 409 g/mol. The van der Waals surface area contributed by atoms with Gasteiger partial charge in [-0.05, 0) is 37.1 Å². The predicted molar refractivity (Wildman–Crippen MR) is 102 cm³/mol. The van der Waals surface area contributed by atoms with Crippen LogP contribution in [0.2, 0.25) is 0 Å². The summed E-state index contributed by atoms with van der Waals surface area (Å²) in [6, 6.07) is 11.8. The summed E-state index contributed by atoms with van der Waals surface area (Å²) in [6.07, 6.45) is 3.17. The molecule has 0 saturated heterocycles. The van der Waals surface area contributed by atoms with E-state index < -0.39 is 20.0 Å². The fourth-order valence-corrected chi connectivity index (χ4v) is 4.76. The molecular weight excluding hydrogens is 390 g/mol. The molecule has 0 atom stereocenters. The molecule has 0 radical (unpaired) electrons. The Labute approximate surface area is 158 Å². The first-order valence-electron chi connectivity index (χ1n) is 8.37. The maximum atomic E-state index is 12.4. The molecule has 0 bridgehead atoms. The van der Waals surface area contributed by atoms with Crippen molar-refractivity contribution in [2.24, 2.45) is 0 Å². The number of nitrogens with one attached hydrogen (secondary N) is 2. The van der Waals surface area contributed by atoms with Gasteiger partial charge in [-0.25, -0.2) is 16.8 Å². The first-order valence-corrected chi connectivity index (χ1v) is 11.7. The molecule has 2 aliphatic rings. The Bertz CT molecular complexity index is 1100. The maximum Gasteiger partial charge on any atom is 0.244 e. The predicted octanol–water partition coefficient (Wildman–Crippen LogP) is 2.07. The molecule has 10 heteroatoms. The van der Waals surface area contributed by atoms with E-state index in [1.807, 2.05) is 0 Å². The van der Waals surface area contributed by atoms with Gasteiger partial charge >= 0.3 is 0 Å². The van der Waals surface area contributed by atoms with Crippen LogP contribution in [0.1, 0.15) is 12.8 Å². The van der Waals surface area contributed by atoms with Gasteiger partial charge in [0.1, 0.15) is 16.4 Å². The molecule has 2 N–H and O–H groups in total. The fraction of sp³-hybridized carbons (Fsp3) is 0.294. The zero-order valence-electron chi connectivity index (χ0n) is 14.5. The van der Waals surface area contributed by atoms with Crippen molar-refractivity contribution in [1.82, 2.24) is 4.72 Å². The van der Waals surface area contributed by atoms with Crippen LogP contribution in [-0.4, -0.2) is 35.8 Å². The van der Waals surface area contributed by atoms with Gasteiger partial charge in [0.05, 0.1) is 24.3 Å². The molecule has 0 aromatic heterocycles. The number of rotatable bonds is 5. The van der Waals surface area contributed by atoms with Crippen LogP contribution in [0.15, 0.2) is 47.4 Å². The van der Waals surface area contributed by atoms with Gasteiger partial charge in [-0.1, -0.05) is 6.07 Å². The van der Waals surface area contributed by atoms with E-state index in [9.17, 15) is 16.8 Å². The Morgan fingerprint density at radius 3 is 2.59 bits per heavy atom. The highest BCUT2D eigenvalue weighted by Gasteiger charge is 2.36. The SMILES string of the molecule is CS(=O)(=O)Nc1cccc(Oc2ccc3c(c2)S(=O)(=O)NCN3C2CC2)c1. The summed E-state index contributed by atoms with van der Waals surface area (Å²) in [5, 5.41) is 0. The first-order chi connectivity index (χ1) is 12.7. The average Bonchev–Trinajstić information content (AvgIpc) is 3.39. The lowest BCUT2D eigenvalue weighted by molar-refractivity contribution is 0.480. The van der Waals surface area contributed by atoms with Crippen LogP contribution in [-0.2, 0) is 20.0 Å². The summed E-state index contributed by atoms with van der Waals surface area (Å²) in [7, 11) is -6.99. The summed E-state index contributed by atoms with van der Waals surface area (Å²) in [5.41, 5.74) is 1.04. The van der Waals surface area contributed by atoms with Crippen LogP contribution in [0.3, 0.4) is 0 Å². The summed E-state index contributed by atoms with van der Waals surface area (Å²) in [6.45, 7) is 0.277. The van der Waals surface area contributed by atoms with Crippen molar-refractivity contribution in [3.05, 3.63) is 42.5 Å². The minimum atomic E-state index is -3.59. The minimum absolute atomic E-state index is 0.184. The van der Waals surface area contributed by atoms with E-state index in [0.29, 0.717) is 28.9 Å². The lowest BCUT2D eigenvalue weighted by atomic mass is 10.2. The molecule has 0 unspecified atom stereocenters. The van der Waals surface area contributed by atoms with Crippen LogP contribution in [0.5, 0.6) is 11.5 Å². The number of hydrogen-bond donors (Lipinski definition) is 2. The van der Waals surface area contributed by atoms with E-state index >= 15 is 0 Å². The molecule has 1 aliphatic heterocycles. The largest absolute Gasteiger partial charge is 0.457 e. The van der Waals surface area contributed by atoms with Gasteiger partial charge in [0, 0.05) is 18.2 Å². The Balaban J connectivity index is 1.63. The molecule has 144 valence electrons. The van der Waals surface area contributed by atoms with Crippen molar-refractivity contribution in [3.8, 4) is 11.5 Å². The maximum absolute atomic E-state index is 12.4. The number of benzene rings is 2. The molecular formula is C17H19N3O5S2. The standard InChI is InChI=1S/C17H19N3O5S2/c1-26(21,22)19-12-3-2-4-14(9-12)25-15-7-8-16-17(10-15)27(23,24)18-11-20(16)13-5-6-13/h2-4,7-10,13,18-19H,5-6,11H2,1H3. The van der Waals surface area contributed by atoms with Gasteiger partial charge in [-0.2, -0.15) is 4.72 Å². The number of nitrogens with zero attached hydrogens (tertiary/aromatic N) is 1. The highest BCUT2D eigenvalue weighted by atomic mass is 32.2. The normalized spacial score (nSPS) is 18.6. The van der Waals surface area contributed by atoms with Crippen molar-refractivity contribution in [2.45, 2.75) is 23.8 Å². The zero-order chi connectivity index (χ0) is 19.2. The number of ether oxygens (including phenoxy) is 1. The summed E-state index contributed by atoms with van der Waals surface area (Å²) in [4.78, 5) is 2.24. The van der Waals surface area contributed by atoms with E-state index in [-0.39, 0.29) is 11.6 Å². The monoisotopic (exact) mass is 409 g/mol. The van der Waals surface area contributed by atoms with Gasteiger partial charge in [0.25, 0.3) is 0 Å². The van der Waals surface area contributed by atoms with E-state index in [1.165, 1.54) is 12.1 Å². The molecule has 2 aromatic carbocycles. The van der Waals surface area contributed by atoms with Crippen molar-refractivity contribution in [3.63, 3.8) is 0 Å². The second-order valence-electron chi connectivity index (χ2n) is 6.64. The van der Waals surface area contributed by atoms with Gasteiger partial charge < -0.3 is 9.64 Å². The van der Waals surface area contributed by atoms with Gasteiger partial charge in [0.2, 0.25) is 20.0 Å². The highest BCUT2D eigenvalue weighted by molar-refractivity contribution is 7.92. The van der Waals surface area contributed by atoms with Crippen molar-refractivity contribution in [1.29, 1.82) is 0 Å². The van der Waals surface area contributed by atoms with Gasteiger partial charge in [0.15, 0.2) is 0 Å². The zero-order valence-corrected chi connectivity index (χ0v) is 16.2. The lowest BCUT2D eigenvalue weighted by Gasteiger charge is -2.31. The Morgan fingerprint density at radius 1 is 1.15 bits per heavy atom. The third kappa shape index (κ3) is 4.02. The van der Waals surface area contributed by atoms with Crippen LogP contribution in [0.25, 0.3) is 0 Å². The molecule has 1 saturated carbocycles. The molecule has 0 spiro atoms. The number of fused-ring (bicyclic) bond motifs is 1. The van der Waals surface area contributed by atoms with Gasteiger partial charge in [-0.3, -0.25) is 4.72 Å². The second-order valence-corrected chi connectivity index (χ2v) is 10.1. The fourth-order valence-electron chi connectivity index (χ4n) is 3.01. The number of hydrogen-bond acceptors (Lipinski definition) is 6. The molecule has 1 heterocycles. The smallest absolute Gasteiger partial charge is 0.244 e. The number of sulfonamides is 2. The topological polar surface area (TPSA) is 105 Å². The molecule has 0 amide bonds. The third-order valence-electron chi connectivity index (χ3n) is 4.32. The van der Waals surface area contributed by atoms with E-state index in [2.05, 4.69) is 14.3 Å². The van der Waals surface area contributed by atoms with Crippen molar-refractivity contribution < 1.29 is 21.6 Å². The first kappa shape index (κ1) is 18.1. The van der Waals surface area contributed by atoms with E-state index in [0.717, 1.165) is 19.1 Å². The molecule has 27 heavy (non-hydrogen) atoms. The Kier molecular flexibility index (Phi) is 4.28. The molecule has 2 aromatic rings. The summed E-state index contributed by atoms with van der Waals surface area (Å²) in [5.74, 6) is 0.747. The van der Waals surface area contributed by atoms with Crippen molar-refractivity contribution >= 4 is 31.4 Å². The minimum Gasteiger partial charge on any atom is -0.457 e. The Morgan fingerprint density at radius 2 is 1.89 bits per heavy atom. The summed E-state index contributed by atoms with van der Waals surface area (Å²) >= 11 is 0. The van der Waals surface area contributed by atoms with Crippen LogP contribution in [0, 0.1) is 0 Å². The Hall–Kier alpha value is -2.30. The summed E-state index contributed by atoms with van der Waals surface area (Å²) < 4.78 is 58.3. The quantitative estimate of drug-likeness (QED) is 0.783. The molecule has 1 aliphatic carbocycles. The lowest BCUT2D eigenvalue weighted by Crippen LogP contribution is -2.44. The molecule has 1 fully saturated rings.